The van der Waals surface area contributed by atoms with Crippen LogP contribution >= 0.6 is 47.8 Å². The molecule has 5 heteroatoms. The third-order valence-electron chi connectivity index (χ3n) is 3.29. The highest BCUT2D eigenvalue weighted by atomic mass is 79.9. The summed E-state index contributed by atoms with van der Waals surface area (Å²) in [6.45, 7) is 0.714. The second-order valence-corrected chi connectivity index (χ2v) is 7.30. The summed E-state index contributed by atoms with van der Waals surface area (Å²) in [5.41, 5.74) is 3.25. The summed E-state index contributed by atoms with van der Waals surface area (Å²) in [7, 11) is 0. The average molecular weight is 465 g/mol. The first kappa shape index (κ1) is 14.5. The lowest BCUT2D eigenvalue weighted by atomic mass is 10.0. The van der Waals surface area contributed by atoms with Crippen molar-refractivity contribution < 1.29 is 9.13 Å². The Labute approximate surface area is 141 Å². The molecule has 1 unspecified atom stereocenters. The Morgan fingerprint density at radius 1 is 1.15 bits per heavy atom. The lowest BCUT2D eigenvalue weighted by molar-refractivity contribution is 0.354. The minimum atomic E-state index is -0.260. The standard InChI is InChI=1S/C15H10Br3FO/c16-10-5-9-3-4-20-15(9)11(7-10)14(18)8-1-2-13(19)12(17)6-8/h1-2,5-7,14H,3-4H2. The van der Waals surface area contributed by atoms with E-state index in [1.54, 1.807) is 12.1 Å². The molecular formula is C15H10Br3FO. The molecule has 0 bridgehead atoms. The number of fused-ring (bicyclic) bond motifs is 1. The van der Waals surface area contributed by atoms with Gasteiger partial charge < -0.3 is 4.74 Å². The average Bonchev–Trinajstić information content (AvgIpc) is 2.88. The molecule has 1 atom stereocenters. The van der Waals surface area contributed by atoms with Gasteiger partial charge in [-0.25, -0.2) is 4.39 Å². The maximum absolute atomic E-state index is 13.4. The fourth-order valence-corrected chi connectivity index (χ4v) is 3.88. The van der Waals surface area contributed by atoms with Gasteiger partial charge in [-0.3, -0.25) is 0 Å². The van der Waals surface area contributed by atoms with E-state index in [4.69, 9.17) is 4.74 Å². The van der Waals surface area contributed by atoms with Crippen molar-refractivity contribution in [1.82, 2.24) is 0 Å². The predicted octanol–water partition coefficient (Wildman–Crippen LogP) is 5.77. The highest BCUT2D eigenvalue weighted by Crippen LogP contribution is 2.43. The first-order valence-electron chi connectivity index (χ1n) is 6.10. The molecule has 0 spiro atoms. The maximum atomic E-state index is 13.4. The van der Waals surface area contributed by atoms with E-state index < -0.39 is 0 Å². The lowest BCUT2D eigenvalue weighted by Crippen LogP contribution is -1.98. The van der Waals surface area contributed by atoms with Crippen molar-refractivity contribution in [3.63, 3.8) is 0 Å². The highest BCUT2D eigenvalue weighted by Gasteiger charge is 2.23. The molecule has 0 N–H and O–H groups in total. The molecule has 2 aromatic carbocycles. The van der Waals surface area contributed by atoms with Crippen LogP contribution in [0.5, 0.6) is 5.75 Å². The first-order valence-corrected chi connectivity index (χ1v) is 8.60. The van der Waals surface area contributed by atoms with Gasteiger partial charge in [0.25, 0.3) is 0 Å². The summed E-state index contributed by atoms with van der Waals surface area (Å²) >= 11 is 10.5. The number of hydrogen-bond donors (Lipinski definition) is 0. The number of ether oxygens (including phenoxy) is 1. The van der Waals surface area contributed by atoms with Crippen LogP contribution in [0.4, 0.5) is 4.39 Å². The van der Waals surface area contributed by atoms with Crippen molar-refractivity contribution in [1.29, 1.82) is 0 Å². The summed E-state index contributed by atoms with van der Waals surface area (Å²) in [6.07, 6.45) is 0.925. The summed E-state index contributed by atoms with van der Waals surface area (Å²) in [4.78, 5) is -0.0382. The van der Waals surface area contributed by atoms with E-state index >= 15 is 0 Å². The van der Waals surface area contributed by atoms with Gasteiger partial charge in [-0.1, -0.05) is 37.9 Å². The largest absolute Gasteiger partial charge is 0.493 e. The predicted molar refractivity (Wildman–Crippen MR) is 88.2 cm³/mol. The van der Waals surface area contributed by atoms with Gasteiger partial charge in [0.05, 0.1) is 15.9 Å². The molecular weight excluding hydrogens is 455 g/mol. The van der Waals surface area contributed by atoms with Gasteiger partial charge >= 0.3 is 0 Å². The monoisotopic (exact) mass is 462 g/mol. The van der Waals surface area contributed by atoms with Gasteiger partial charge in [-0.05, 0) is 51.3 Å². The van der Waals surface area contributed by atoms with Gasteiger partial charge in [0.15, 0.2) is 0 Å². The Bertz CT molecular complexity index is 672. The molecule has 0 radical (unpaired) electrons. The summed E-state index contributed by atoms with van der Waals surface area (Å²) in [5.74, 6) is 0.680. The van der Waals surface area contributed by atoms with Crippen LogP contribution in [0.1, 0.15) is 21.5 Å². The van der Waals surface area contributed by atoms with Crippen molar-refractivity contribution in [3.8, 4) is 5.75 Å². The summed E-state index contributed by atoms with van der Waals surface area (Å²) in [5, 5.41) is 0. The fourth-order valence-electron chi connectivity index (χ4n) is 2.34. The molecule has 1 aliphatic heterocycles. The van der Waals surface area contributed by atoms with Crippen LogP contribution in [0.3, 0.4) is 0 Å². The highest BCUT2D eigenvalue weighted by molar-refractivity contribution is 9.11. The molecule has 104 valence electrons. The first-order chi connectivity index (χ1) is 9.56. The van der Waals surface area contributed by atoms with Crippen molar-refractivity contribution in [3.05, 3.63) is 61.8 Å². The van der Waals surface area contributed by atoms with Crippen LogP contribution in [0.25, 0.3) is 0 Å². The number of hydrogen-bond acceptors (Lipinski definition) is 1. The molecule has 1 heterocycles. The summed E-state index contributed by atoms with van der Waals surface area (Å²) < 4.78 is 20.6. The molecule has 20 heavy (non-hydrogen) atoms. The van der Waals surface area contributed by atoms with E-state index in [0.29, 0.717) is 11.1 Å². The Hall–Kier alpha value is -0.390. The molecule has 0 saturated carbocycles. The zero-order valence-corrected chi connectivity index (χ0v) is 15.1. The maximum Gasteiger partial charge on any atom is 0.137 e. The Morgan fingerprint density at radius 3 is 2.70 bits per heavy atom. The Kier molecular flexibility index (Phi) is 4.20. The second-order valence-electron chi connectivity index (χ2n) is 4.62. The Morgan fingerprint density at radius 2 is 1.95 bits per heavy atom. The van der Waals surface area contributed by atoms with Crippen LogP contribution in [-0.2, 0) is 6.42 Å². The molecule has 0 saturated heterocycles. The van der Waals surface area contributed by atoms with Crippen molar-refractivity contribution in [2.75, 3.05) is 6.61 Å². The molecule has 3 rings (SSSR count). The topological polar surface area (TPSA) is 9.23 Å². The van der Waals surface area contributed by atoms with Crippen LogP contribution < -0.4 is 4.74 Å². The van der Waals surface area contributed by atoms with Crippen molar-refractivity contribution in [2.45, 2.75) is 11.2 Å². The van der Waals surface area contributed by atoms with E-state index in [1.807, 2.05) is 6.07 Å². The minimum absolute atomic E-state index is 0.0382. The zero-order chi connectivity index (χ0) is 14.3. The quantitative estimate of drug-likeness (QED) is 0.513. The normalized spacial score (nSPS) is 14.8. The molecule has 1 nitrogen and oxygen atoms in total. The van der Waals surface area contributed by atoms with Crippen LogP contribution in [0.2, 0.25) is 0 Å². The van der Waals surface area contributed by atoms with Gasteiger partial charge in [0.1, 0.15) is 11.6 Å². The molecule has 0 fully saturated rings. The van der Waals surface area contributed by atoms with E-state index in [2.05, 4.69) is 53.9 Å². The smallest absolute Gasteiger partial charge is 0.137 e. The van der Waals surface area contributed by atoms with Gasteiger partial charge in [-0.15, -0.1) is 0 Å². The Balaban J connectivity index is 2.06. The SMILES string of the molecule is Fc1ccc(C(Br)c2cc(Br)cc3c2OCC3)cc1Br. The van der Waals surface area contributed by atoms with Gasteiger partial charge in [-0.2, -0.15) is 0 Å². The lowest BCUT2D eigenvalue weighted by Gasteiger charge is -2.15. The van der Waals surface area contributed by atoms with E-state index in [0.717, 1.165) is 27.8 Å². The fraction of sp³-hybridized carbons (Fsp3) is 0.200. The molecule has 1 aliphatic rings. The number of benzene rings is 2. The number of alkyl halides is 1. The molecule has 0 aromatic heterocycles. The van der Waals surface area contributed by atoms with Crippen molar-refractivity contribution >= 4 is 47.8 Å². The molecule has 0 amide bonds. The zero-order valence-electron chi connectivity index (χ0n) is 10.3. The number of halogens is 4. The van der Waals surface area contributed by atoms with E-state index in [9.17, 15) is 4.39 Å². The van der Waals surface area contributed by atoms with Gasteiger partial charge in [0, 0.05) is 16.5 Å². The van der Waals surface area contributed by atoms with Crippen LogP contribution in [0.15, 0.2) is 39.3 Å². The molecule has 2 aromatic rings. The third kappa shape index (κ3) is 2.68. The second kappa shape index (κ2) is 5.78. The minimum Gasteiger partial charge on any atom is -0.493 e. The summed E-state index contributed by atoms with van der Waals surface area (Å²) in [6, 6.07) is 9.17. The van der Waals surface area contributed by atoms with Crippen LogP contribution in [-0.4, -0.2) is 6.61 Å². The van der Waals surface area contributed by atoms with Crippen LogP contribution in [0, 0.1) is 5.82 Å². The van der Waals surface area contributed by atoms with E-state index in [-0.39, 0.29) is 10.6 Å². The molecule has 0 aliphatic carbocycles. The van der Waals surface area contributed by atoms with E-state index in [1.165, 1.54) is 11.6 Å². The third-order valence-corrected chi connectivity index (χ3v) is 5.37. The number of rotatable bonds is 2. The van der Waals surface area contributed by atoms with Gasteiger partial charge in [0.2, 0.25) is 0 Å². The van der Waals surface area contributed by atoms with Crippen molar-refractivity contribution in [2.24, 2.45) is 0 Å².